The summed E-state index contributed by atoms with van der Waals surface area (Å²) in [6, 6.07) is 12.4. The van der Waals surface area contributed by atoms with Gasteiger partial charge in [-0.1, -0.05) is 18.2 Å². The number of hydrogen-bond donors (Lipinski definition) is 1. The molecule has 2 heterocycles. The lowest BCUT2D eigenvalue weighted by Gasteiger charge is -2.42. The largest absolute Gasteiger partial charge is 0.491 e. The van der Waals surface area contributed by atoms with Crippen molar-refractivity contribution in [2.24, 2.45) is 0 Å². The quantitative estimate of drug-likeness (QED) is 0.923. The minimum absolute atomic E-state index is 0.174. The van der Waals surface area contributed by atoms with Crippen LogP contribution in [0.15, 0.2) is 53.5 Å². The van der Waals surface area contributed by atoms with Gasteiger partial charge in [0.05, 0.1) is 12.1 Å². The van der Waals surface area contributed by atoms with Gasteiger partial charge in [-0.25, -0.2) is 0 Å². The number of rotatable bonds is 4. The number of amides is 1. The molecule has 25 heavy (non-hydrogen) atoms. The lowest BCUT2D eigenvalue weighted by Crippen LogP contribution is -2.56. The number of hydrogen-bond acceptors (Lipinski definition) is 4. The molecule has 6 heteroatoms. The monoisotopic (exact) mass is 342 g/mol. The van der Waals surface area contributed by atoms with E-state index in [1.165, 1.54) is 12.3 Å². The second kappa shape index (κ2) is 7.11. The predicted molar refractivity (Wildman–Crippen MR) is 93.9 cm³/mol. The Balaban J connectivity index is 1.70. The second-order valence-electron chi connectivity index (χ2n) is 6.75. The van der Waals surface area contributed by atoms with E-state index < -0.39 is 5.60 Å². The summed E-state index contributed by atoms with van der Waals surface area (Å²) in [5.74, 6) is 0.592. The van der Waals surface area contributed by atoms with E-state index in [1.54, 1.807) is 11.0 Å². The van der Waals surface area contributed by atoms with Crippen molar-refractivity contribution in [3.63, 3.8) is 0 Å². The fourth-order valence-corrected chi connectivity index (χ4v) is 3.00. The first-order valence-electron chi connectivity index (χ1n) is 8.27. The van der Waals surface area contributed by atoms with Crippen molar-refractivity contribution in [3.05, 3.63) is 64.6 Å². The van der Waals surface area contributed by atoms with Crippen LogP contribution in [0.5, 0.6) is 5.75 Å². The molecule has 1 saturated heterocycles. The maximum absolute atomic E-state index is 12.7. The van der Waals surface area contributed by atoms with Crippen molar-refractivity contribution in [3.8, 4) is 5.75 Å². The number of H-pyrrole nitrogens is 1. The average molecular weight is 342 g/mol. The molecule has 1 aliphatic rings. The summed E-state index contributed by atoms with van der Waals surface area (Å²) < 4.78 is 11.8. The van der Waals surface area contributed by atoms with E-state index in [0.717, 1.165) is 5.75 Å². The zero-order valence-corrected chi connectivity index (χ0v) is 14.4. The standard InChI is InChI=1S/C19H22N2O4/c1-19(2)13-21(18(23)14-8-9-20-17(22)10-14)11-16(25-19)12-24-15-6-4-3-5-7-15/h3-10,16H,11-13H2,1-2H3,(H,20,22)/t16-/m1/s1. The highest BCUT2D eigenvalue weighted by Crippen LogP contribution is 2.23. The number of pyridine rings is 1. The summed E-state index contributed by atoms with van der Waals surface area (Å²) in [7, 11) is 0. The number of para-hydroxylation sites is 1. The van der Waals surface area contributed by atoms with Crippen LogP contribution in [0.25, 0.3) is 0 Å². The van der Waals surface area contributed by atoms with Crippen molar-refractivity contribution in [1.29, 1.82) is 0 Å². The van der Waals surface area contributed by atoms with Crippen molar-refractivity contribution >= 4 is 5.91 Å². The van der Waals surface area contributed by atoms with Crippen LogP contribution in [0.1, 0.15) is 24.2 Å². The van der Waals surface area contributed by atoms with E-state index in [1.807, 2.05) is 44.2 Å². The summed E-state index contributed by atoms with van der Waals surface area (Å²) in [6.45, 7) is 5.12. The van der Waals surface area contributed by atoms with Gasteiger partial charge in [0, 0.05) is 24.4 Å². The molecule has 0 bridgehead atoms. The van der Waals surface area contributed by atoms with E-state index in [0.29, 0.717) is 25.3 Å². The molecule has 0 spiro atoms. The number of aromatic nitrogens is 1. The molecular weight excluding hydrogens is 320 g/mol. The molecule has 1 fully saturated rings. The maximum atomic E-state index is 12.7. The molecule has 0 saturated carbocycles. The fourth-order valence-electron chi connectivity index (χ4n) is 3.00. The van der Waals surface area contributed by atoms with E-state index in [4.69, 9.17) is 9.47 Å². The van der Waals surface area contributed by atoms with Gasteiger partial charge >= 0.3 is 0 Å². The fraction of sp³-hybridized carbons (Fsp3) is 0.368. The Morgan fingerprint density at radius 2 is 2.08 bits per heavy atom. The van der Waals surface area contributed by atoms with Gasteiger partial charge in [-0.3, -0.25) is 9.59 Å². The van der Waals surface area contributed by atoms with Gasteiger partial charge in [-0.2, -0.15) is 0 Å². The van der Waals surface area contributed by atoms with Crippen molar-refractivity contribution in [1.82, 2.24) is 9.88 Å². The smallest absolute Gasteiger partial charge is 0.254 e. The lowest BCUT2D eigenvalue weighted by molar-refractivity contribution is -0.136. The molecule has 1 aliphatic heterocycles. The predicted octanol–water partition coefficient (Wildman–Crippen LogP) is 2.07. The molecule has 1 aromatic carbocycles. The Morgan fingerprint density at radius 3 is 2.80 bits per heavy atom. The molecule has 132 valence electrons. The van der Waals surface area contributed by atoms with E-state index in [-0.39, 0.29) is 17.6 Å². The van der Waals surface area contributed by atoms with E-state index in [9.17, 15) is 9.59 Å². The summed E-state index contributed by atoms with van der Waals surface area (Å²) in [5.41, 5.74) is -0.397. The minimum Gasteiger partial charge on any atom is -0.491 e. The zero-order valence-electron chi connectivity index (χ0n) is 14.4. The average Bonchev–Trinajstić information content (AvgIpc) is 2.59. The summed E-state index contributed by atoms with van der Waals surface area (Å²) in [4.78, 5) is 28.4. The Labute approximate surface area is 146 Å². The van der Waals surface area contributed by atoms with Gasteiger partial charge in [0.15, 0.2) is 0 Å². The van der Waals surface area contributed by atoms with Gasteiger partial charge < -0.3 is 19.4 Å². The first-order valence-corrected chi connectivity index (χ1v) is 8.27. The Morgan fingerprint density at radius 1 is 1.32 bits per heavy atom. The molecule has 1 aromatic heterocycles. The number of carbonyl (C=O) groups excluding carboxylic acids is 1. The SMILES string of the molecule is CC1(C)CN(C(=O)c2cc[nH]c(=O)c2)C[C@H](COc2ccccc2)O1. The normalized spacial score (nSPS) is 19.4. The van der Waals surface area contributed by atoms with Crippen LogP contribution in [0, 0.1) is 0 Å². The van der Waals surface area contributed by atoms with Crippen LogP contribution < -0.4 is 10.3 Å². The highest BCUT2D eigenvalue weighted by Gasteiger charge is 2.36. The topological polar surface area (TPSA) is 71.6 Å². The zero-order chi connectivity index (χ0) is 17.9. The van der Waals surface area contributed by atoms with Gasteiger partial charge in [0.25, 0.3) is 5.91 Å². The van der Waals surface area contributed by atoms with Crippen molar-refractivity contribution in [2.45, 2.75) is 25.6 Å². The highest BCUT2D eigenvalue weighted by molar-refractivity contribution is 5.94. The number of morpholine rings is 1. The Hall–Kier alpha value is -2.60. The molecule has 0 unspecified atom stereocenters. The van der Waals surface area contributed by atoms with Crippen LogP contribution in [0.3, 0.4) is 0 Å². The molecule has 2 aromatic rings. The molecule has 0 aliphatic carbocycles. The van der Waals surface area contributed by atoms with Crippen molar-refractivity contribution in [2.75, 3.05) is 19.7 Å². The molecule has 1 amide bonds. The van der Waals surface area contributed by atoms with E-state index in [2.05, 4.69) is 4.98 Å². The number of aromatic amines is 1. The number of benzene rings is 1. The third kappa shape index (κ3) is 4.48. The molecule has 0 radical (unpaired) electrons. The second-order valence-corrected chi connectivity index (χ2v) is 6.75. The number of nitrogens with zero attached hydrogens (tertiary/aromatic N) is 1. The number of nitrogens with one attached hydrogen (secondary N) is 1. The van der Waals surface area contributed by atoms with E-state index >= 15 is 0 Å². The first kappa shape index (κ1) is 17.2. The van der Waals surface area contributed by atoms with Gasteiger partial charge in [-0.15, -0.1) is 0 Å². The van der Waals surface area contributed by atoms with Crippen LogP contribution in [-0.4, -0.2) is 47.2 Å². The molecule has 6 nitrogen and oxygen atoms in total. The third-order valence-electron chi connectivity index (χ3n) is 3.97. The van der Waals surface area contributed by atoms with Crippen LogP contribution in [-0.2, 0) is 4.74 Å². The van der Waals surface area contributed by atoms with Crippen molar-refractivity contribution < 1.29 is 14.3 Å². The van der Waals surface area contributed by atoms with Crippen LogP contribution in [0.4, 0.5) is 0 Å². The Bertz CT molecular complexity index is 785. The van der Waals surface area contributed by atoms with Crippen LogP contribution >= 0.6 is 0 Å². The molecule has 1 atom stereocenters. The highest BCUT2D eigenvalue weighted by atomic mass is 16.5. The maximum Gasteiger partial charge on any atom is 0.254 e. The summed E-state index contributed by atoms with van der Waals surface area (Å²) >= 11 is 0. The molecular formula is C19H22N2O4. The molecule has 3 rings (SSSR count). The van der Waals surface area contributed by atoms with Gasteiger partial charge in [0.2, 0.25) is 5.56 Å². The number of carbonyl (C=O) groups is 1. The number of ether oxygens (including phenoxy) is 2. The van der Waals surface area contributed by atoms with Gasteiger partial charge in [-0.05, 0) is 32.0 Å². The van der Waals surface area contributed by atoms with Gasteiger partial charge in [0.1, 0.15) is 18.5 Å². The Kier molecular flexibility index (Phi) is 4.90. The molecule has 1 N–H and O–H groups in total. The third-order valence-corrected chi connectivity index (χ3v) is 3.97. The minimum atomic E-state index is -0.486. The summed E-state index contributed by atoms with van der Waals surface area (Å²) in [6.07, 6.45) is 1.24. The van der Waals surface area contributed by atoms with Crippen LogP contribution in [0.2, 0.25) is 0 Å². The lowest BCUT2D eigenvalue weighted by atomic mass is 10.0. The summed E-state index contributed by atoms with van der Waals surface area (Å²) in [5, 5.41) is 0. The first-order chi connectivity index (χ1) is 11.9.